The Labute approximate surface area is 103 Å². The predicted octanol–water partition coefficient (Wildman–Crippen LogP) is -3.56. The van der Waals surface area contributed by atoms with Crippen LogP contribution in [0.1, 0.15) is 0 Å². The SMILES string of the molecule is [AlH3].[Fe].[MgH2].[Mn].[SiH4].[Zn]. The van der Waals surface area contributed by atoms with Crippen molar-refractivity contribution in [2.24, 2.45) is 0 Å². The summed E-state index contributed by atoms with van der Waals surface area (Å²) in [5.41, 5.74) is 0. The molecule has 6 heavy (non-hydrogen) atoms. The van der Waals surface area contributed by atoms with Crippen molar-refractivity contribution in [2.45, 2.75) is 0 Å². The number of hydrogen-bond donors (Lipinski definition) is 0. The average Bonchev–Trinajstić information content (AvgIpc) is 0. The molecule has 0 nitrogen and oxygen atoms in total. The zero-order valence-corrected chi connectivity index (χ0v) is 6.69. The van der Waals surface area contributed by atoms with Crippen molar-refractivity contribution >= 4 is 51.4 Å². The molecular weight excluding hydrogens is 256 g/mol. The van der Waals surface area contributed by atoms with Gasteiger partial charge in [-0.25, -0.2) is 0 Å². The second-order valence-electron chi connectivity index (χ2n) is 0. The molecule has 0 bridgehead atoms. The molecule has 0 aliphatic rings. The normalized spacial score (nSPS) is 0. The predicted molar refractivity (Wildman–Crippen MR) is 29.8 cm³/mol. The molecule has 0 unspecified atom stereocenters. The Kier molecular flexibility index (Phi) is 423. The summed E-state index contributed by atoms with van der Waals surface area (Å²) >= 11 is 0. The van der Waals surface area contributed by atoms with Crippen LogP contribution in [0.4, 0.5) is 0 Å². The van der Waals surface area contributed by atoms with E-state index in [-0.39, 0.29) is 105 Å². The maximum atomic E-state index is 0. The Morgan fingerprint density at radius 3 is 1.00 bits per heavy atom. The van der Waals surface area contributed by atoms with Crippen LogP contribution in [0.5, 0.6) is 0 Å². The van der Waals surface area contributed by atoms with E-state index in [4.69, 9.17) is 0 Å². The minimum absolute atomic E-state index is 0. The summed E-state index contributed by atoms with van der Waals surface area (Å²) in [7, 11) is 0. The third-order valence-electron chi connectivity index (χ3n) is 0. The average molecular weight is 265 g/mol. The van der Waals surface area contributed by atoms with Crippen LogP contribution in [0, 0.1) is 0 Å². The first-order valence-corrected chi connectivity index (χ1v) is 0. The summed E-state index contributed by atoms with van der Waals surface area (Å²) in [4.78, 5) is 0. The summed E-state index contributed by atoms with van der Waals surface area (Å²) in [6.07, 6.45) is 0. The molecule has 0 atom stereocenters. The van der Waals surface area contributed by atoms with Crippen molar-refractivity contribution < 1.29 is 53.6 Å². The van der Waals surface area contributed by atoms with Crippen molar-refractivity contribution in [2.75, 3.05) is 0 Å². The van der Waals surface area contributed by atoms with Crippen LogP contribution in [-0.4, -0.2) is 51.4 Å². The van der Waals surface area contributed by atoms with E-state index in [1.165, 1.54) is 0 Å². The smallest absolute Gasteiger partial charge is 0.0149 e. The molecule has 0 aromatic carbocycles. The number of hydrogen-bond acceptors (Lipinski definition) is 0. The quantitative estimate of drug-likeness (QED) is 0.398. The van der Waals surface area contributed by atoms with Crippen LogP contribution < -0.4 is 0 Å². The molecule has 35 valence electrons. The van der Waals surface area contributed by atoms with Gasteiger partial charge in [0.25, 0.3) is 0 Å². The fourth-order valence-electron chi connectivity index (χ4n) is 0. The molecule has 0 saturated carbocycles. The Balaban J connectivity index is 0. The summed E-state index contributed by atoms with van der Waals surface area (Å²) in [6.45, 7) is 0. The van der Waals surface area contributed by atoms with Crippen LogP contribution in [0.25, 0.3) is 0 Å². The molecule has 0 N–H and O–H groups in total. The third-order valence-corrected chi connectivity index (χ3v) is 0. The van der Waals surface area contributed by atoms with E-state index in [1.807, 2.05) is 0 Å². The van der Waals surface area contributed by atoms with Gasteiger partial charge >= 0.3 is 23.1 Å². The third kappa shape index (κ3) is 27.1. The van der Waals surface area contributed by atoms with Gasteiger partial charge in [-0.05, 0) is 11.0 Å². The van der Waals surface area contributed by atoms with E-state index in [0.29, 0.717) is 0 Å². The molecule has 0 saturated heterocycles. The molecule has 0 aliphatic carbocycles. The molecular formula is H9AlFeMgMnSiZn. The summed E-state index contributed by atoms with van der Waals surface area (Å²) in [6, 6.07) is 0. The Morgan fingerprint density at radius 2 is 1.00 bits per heavy atom. The van der Waals surface area contributed by atoms with E-state index >= 15 is 0 Å². The van der Waals surface area contributed by atoms with Gasteiger partial charge in [-0.2, -0.15) is 0 Å². The van der Waals surface area contributed by atoms with Crippen molar-refractivity contribution in [3.05, 3.63) is 0 Å². The van der Waals surface area contributed by atoms with Crippen molar-refractivity contribution in [1.29, 1.82) is 0 Å². The molecule has 0 amide bonds. The molecule has 0 rings (SSSR count). The van der Waals surface area contributed by atoms with Gasteiger partial charge in [-0.1, -0.05) is 0 Å². The standard InChI is InChI=1S/Al.Fe.Mg.Mn.H4Si.Zn.5H/h;;;;1H4;;;;;;. The van der Waals surface area contributed by atoms with Crippen LogP contribution in [0.2, 0.25) is 0 Å². The van der Waals surface area contributed by atoms with Gasteiger partial charge in [0.1, 0.15) is 0 Å². The number of rotatable bonds is 0. The summed E-state index contributed by atoms with van der Waals surface area (Å²) in [5, 5.41) is 0. The fraction of sp³-hybridized carbons (Fsp3) is 0. The van der Waals surface area contributed by atoms with Gasteiger partial charge in [0.05, 0.1) is 0 Å². The molecule has 0 heterocycles. The maximum absolute atomic E-state index is 0. The maximum Gasteiger partial charge on any atom is 0.316 e. The van der Waals surface area contributed by atoms with E-state index in [1.54, 1.807) is 0 Å². The van der Waals surface area contributed by atoms with E-state index in [2.05, 4.69) is 0 Å². The summed E-state index contributed by atoms with van der Waals surface area (Å²) in [5.74, 6) is 0. The minimum atomic E-state index is 0. The largest absolute Gasteiger partial charge is 0.316 e. The topological polar surface area (TPSA) is 0 Å². The van der Waals surface area contributed by atoms with Crippen molar-refractivity contribution in [3.63, 3.8) is 0 Å². The first-order valence-electron chi connectivity index (χ1n) is 0. The molecule has 0 spiro atoms. The fourth-order valence-corrected chi connectivity index (χ4v) is 0. The van der Waals surface area contributed by atoms with E-state index in [0.717, 1.165) is 0 Å². The Morgan fingerprint density at radius 1 is 1.00 bits per heavy atom. The van der Waals surface area contributed by atoms with Crippen molar-refractivity contribution in [3.8, 4) is 0 Å². The molecule has 6 heteroatoms. The van der Waals surface area contributed by atoms with Gasteiger partial charge < -0.3 is 0 Å². The molecule has 0 fully saturated rings. The van der Waals surface area contributed by atoms with Gasteiger partial charge in [0, 0.05) is 53.6 Å². The molecule has 0 aromatic heterocycles. The molecule has 0 aliphatic heterocycles. The summed E-state index contributed by atoms with van der Waals surface area (Å²) < 4.78 is 0. The van der Waals surface area contributed by atoms with E-state index < -0.39 is 0 Å². The Bertz CT molecular complexity index is 15.5. The second-order valence-corrected chi connectivity index (χ2v) is 0. The van der Waals surface area contributed by atoms with Crippen LogP contribution >= 0.6 is 0 Å². The molecule has 1 radical (unpaired) electrons. The van der Waals surface area contributed by atoms with Gasteiger partial charge in [-0.15, -0.1) is 0 Å². The zero-order valence-electron chi connectivity index (χ0n) is 1.44. The minimum Gasteiger partial charge on any atom is -0.0149 e. The van der Waals surface area contributed by atoms with Gasteiger partial charge in [0.2, 0.25) is 0 Å². The first kappa shape index (κ1) is 60.8. The van der Waals surface area contributed by atoms with Crippen LogP contribution in [-0.2, 0) is 53.6 Å². The van der Waals surface area contributed by atoms with Gasteiger partial charge in [-0.3, -0.25) is 0 Å². The molecule has 0 aromatic rings. The zero-order chi connectivity index (χ0) is 0. The Hall–Kier alpha value is 3.18. The van der Waals surface area contributed by atoms with Crippen molar-refractivity contribution in [1.82, 2.24) is 0 Å². The first-order chi connectivity index (χ1) is 0. The monoisotopic (exact) mass is 263 g/mol. The van der Waals surface area contributed by atoms with Crippen LogP contribution in [0.15, 0.2) is 0 Å². The van der Waals surface area contributed by atoms with Gasteiger partial charge in [0.15, 0.2) is 17.4 Å². The second kappa shape index (κ2) is 41.7. The van der Waals surface area contributed by atoms with E-state index in [9.17, 15) is 0 Å². The van der Waals surface area contributed by atoms with Crippen LogP contribution in [0.3, 0.4) is 0 Å².